The molecule has 0 aromatic heterocycles. The summed E-state index contributed by atoms with van der Waals surface area (Å²) in [4.78, 5) is 2.45. The van der Waals surface area contributed by atoms with Gasteiger partial charge in [0.2, 0.25) is 0 Å². The van der Waals surface area contributed by atoms with E-state index in [1.807, 2.05) is 0 Å². The normalized spacial score (nSPS) is 27.0. The Kier molecular flexibility index (Phi) is 6.57. The molecule has 2 aliphatic heterocycles. The molecule has 4 heteroatoms. The molecule has 112 valence electrons. The van der Waals surface area contributed by atoms with Gasteiger partial charge >= 0.3 is 0 Å². The fourth-order valence-electron chi connectivity index (χ4n) is 3.07. The Balaban J connectivity index is 1.54. The van der Waals surface area contributed by atoms with E-state index < -0.39 is 0 Å². The van der Waals surface area contributed by atoms with Gasteiger partial charge in [-0.25, -0.2) is 0 Å². The topological polar surface area (TPSA) is 33.7 Å². The van der Waals surface area contributed by atoms with Crippen molar-refractivity contribution >= 4 is 0 Å². The number of nitrogens with one attached hydrogen (secondary N) is 1. The highest BCUT2D eigenvalue weighted by atomic mass is 16.5. The number of hydrogen-bond donors (Lipinski definition) is 1. The molecule has 0 radical (unpaired) electrons. The number of rotatable bonds is 7. The number of nitrogens with zero attached hydrogens (tertiary/aromatic N) is 1. The maximum atomic E-state index is 5.70. The fraction of sp³-hybridized carbons (Fsp3) is 1.00. The Morgan fingerprint density at radius 3 is 2.68 bits per heavy atom. The number of likely N-dealkylation sites (N-methyl/N-ethyl adjacent to an activating group) is 1. The second kappa shape index (κ2) is 8.20. The van der Waals surface area contributed by atoms with Gasteiger partial charge in [0.05, 0.1) is 6.10 Å². The van der Waals surface area contributed by atoms with Crippen LogP contribution in [-0.2, 0) is 9.47 Å². The maximum Gasteiger partial charge on any atom is 0.0726 e. The minimum atomic E-state index is 0.431. The van der Waals surface area contributed by atoms with Crippen molar-refractivity contribution in [1.82, 2.24) is 10.2 Å². The van der Waals surface area contributed by atoms with Gasteiger partial charge in [-0.1, -0.05) is 0 Å². The summed E-state index contributed by atoms with van der Waals surface area (Å²) in [7, 11) is 2.23. The monoisotopic (exact) mass is 270 g/mol. The van der Waals surface area contributed by atoms with E-state index in [4.69, 9.17) is 9.47 Å². The van der Waals surface area contributed by atoms with E-state index in [1.165, 1.54) is 32.2 Å². The SMILES string of the molecule is CC(NCCN(C)CC1CCOCC1)C1CCCO1. The molecule has 0 amide bonds. The van der Waals surface area contributed by atoms with E-state index in [1.54, 1.807) is 0 Å². The predicted octanol–water partition coefficient (Wildman–Crippen LogP) is 1.50. The minimum Gasteiger partial charge on any atom is -0.381 e. The quantitative estimate of drug-likeness (QED) is 0.760. The van der Waals surface area contributed by atoms with E-state index in [2.05, 4.69) is 24.2 Å². The Bertz CT molecular complexity index is 238. The molecule has 0 spiro atoms. The molecule has 2 heterocycles. The van der Waals surface area contributed by atoms with Gasteiger partial charge < -0.3 is 19.7 Å². The van der Waals surface area contributed by atoms with E-state index in [0.29, 0.717) is 12.1 Å². The van der Waals surface area contributed by atoms with Crippen LogP contribution in [0.3, 0.4) is 0 Å². The summed E-state index contributed by atoms with van der Waals surface area (Å²) in [5, 5.41) is 3.60. The lowest BCUT2D eigenvalue weighted by Crippen LogP contribution is -2.41. The first-order valence-electron chi connectivity index (χ1n) is 7.87. The van der Waals surface area contributed by atoms with Crippen molar-refractivity contribution in [1.29, 1.82) is 0 Å². The first kappa shape index (κ1) is 15.2. The third-order valence-electron chi connectivity index (χ3n) is 4.39. The third kappa shape index (κ3) is 5.38. The zero-order chi connectivity index (χ0) is 13.5. The van der Waals surface area contributed by atoms with Crippen LogP contribution in [0, 0.1) is 5.92 Å². The first-order valence-corrected chi connectivity index (χ1v) is 7.87. The van der Waals surface area contributed by atoms with Crippen LogP contribution in [0.5, 0.6) is 0 Å². The van der Waals surface area contributed by atoms with Crippen LogP contribution in [-0.4, -0.2) is 63.5 Å². The van der Waals surface area contributed by atoms with Crippen LogP contribution in [0.25, 0.3) is 0 Å². The lowest BCUT2D eigenvalue weighted by Gasteiger charge is -2.28. The fourth-order valence-corrected chi connectivity index (χ4v) is 3.07. The molecule has 19 heavy (non-hydrogen) atoms. The third-order valence-corrected chi connectivity index (χ3v) is 4.39. The summed E-state index contributed by atoms with van der Waals surface area (Å²) in [5.74, 6) is 0.828. The maximum absolute atomic E-state index is 5.70. The van der Waals surface area contributed by atoms with E-state index >= 15 is 0 Å². The van der Waals surface area contributed by atoms with Gasteiger partial charge in [0.15, 0.2) is 0 Å². The molecule has 2 fully saturated rings. The summed E-state index contributed by atoms with van der Waals surface area (Å²) in [6.45, 7) is 8.48. The molecule has 0 aliphatic carbocycles. The van der Waals surface area contributed by atoms with Gasteiger partial charge in [-0.05, 0) is 45.6 Å². The van der Waals surface area contributed by atoms with Gasteiger partial charge in [-0.2, -0.15) is 0 Å². The lowest BCUT2D eigenvalue weighted by molar-refractivity contribution is 0.0550. The summed E-state index contributed by atoms with van der Waals surface area (Å²) in [5.41, 5.74) is 0. The van der Waals surface area contributed by atoms with Gasteiger partial charge in [0.25, 0.3) is 0 Å². The van der Waals surface area contributed by atoms with Crippen molar-refractivity contribution < 1.29 is 9.47 Å². The van der Waals surface area contributed by atoms with Crippen LogP contribution in [0.4, 0.5) is 0 Å². The first-order chi connectivity index (χ1) is 9.25. The van der Waals surface area contributed by atoms with Crippen molar-refractivity contribution in [3.63, 3.8) is 0 Å². The molecule has 2 unspecified atom stereocenters. The van der Waals surface area contributed by atoms with Gasteiger partial charge in [-0.3, -0.25) is 0 Å². The van der Waals surface area contributed by atoms with E-state index in [-0.39, 0.29) is 0 Å². The van der Waals surface area contributed by atoms with Crippen LogP contribution in [0.15, 0.2) is 0 Å². The summed E-state index contributed by atoms with van der Waals surface area (Å²) >= 11 is 0. The molecular weight excluding hydrogens is 240 g/mol. The van der Waals surface area contributed by atoms with Crippen LogP contribution in [0.1, 0.15) is 32.6 Å². The van der Waals surface area contributed by atoms with Gasteiger partial charge in [0, 0.05) is 45.5 Å². The van der Waals surface area contributed by atoms with Crippen molar-refractivity contribution in [2.45, 2.75) is 44.8 Å². The molecule has 2 aliphatic rings. The standard InChI is InChI=1S/C15H30N2O2/c1-13(15-4-3-9-19-15)16-7-8-17(2)12-14-5-10-18-11-6-14/h13-16H,3-12H2,1-2H3. The predicted molar refractivity (Wildman–Crippen MR) is 77.5 cm³/mol. The van der Waals surface area contributed by atoms with Gasteiger partial charge in [-0.15, -0.1) is 0 Å². The summed E-state index contributed by atoms with van der Waals surface area (Å²) in [6.07, 6.45) is 5.32. The van der Waals surface area contributed by atoms with Crippen LogP contribution < -0.4 is 5.32 Å². The Morgan fingerprint density at radius 1 is 1.21 bits per heavy atom. The average molecular weight is 270 g/mol. The largest absolute Gasteiger partial charge is 0.381 e. The highest BCUT2D eigenvalue weighted by Crippen LogP contribution is 2.16. The number of ether oxygens (including phenoxy) is 2. The van der Waals surface area contributed by atoms with Crippen molar-refractivity contribution in [2.75, 3.05) is 46.5 Å². The lowest BCUT2D eigenvalue weighted by atomic mass is 10.00. The Hall–Kier alpha value is -0.160. The Labute approximate surface area is 117 Å². The molecule has 1 N–H and O–H groups in total. The summed E-state index contributed by atoms with van der Waals surface area (Å²) < 4.78 is 11.1. The highest BCUT2D eigenvalue weighted by Gasteiger charge is 2.22. The second-order valence-electron chi connectivity index (χ2n) is 6.11. The van der Waals surface area contributed by atoms with Crippen LogP contribution in [0.2, 0.25) is 0 Å². The van der Waals surface area contributed by atoms with E-state index in [9.17, 15) is 0 Å². The van der Waals surface area contributed by atoms with Gasteiger partial charge in [0.1, 0.15) is 0 Å². The number of hydrogen-bond acceptors (Lipinski definition) is 4. The average Bonchev–Trinajstić information content (AvgIpc) is 2.93. The molecule has 0 aromatic carbocycles. The molecule has 2 rings (SSSR count). The summed E-state index contributed by atoms with van der Waals surface area (Å²) in [6, 6.07) is 0.485. The molecule has 0 saturated carbocycles. The zero-order valence-electron chi connectivity index (χ0n) is 12.6. The van der Waals surface area contributed by atoms with Crippen molar-refractivity contribution in [3.8, 4) is 0 Å². The molecule has 0 bridgehead atoms. The van der Waals surface area contributed by atoms with Crippen LogP contribution >= 0.6 is 0 Å². The van der Waals surface area contributed by atoms with E-state index in [0.717, 1.165) is 38.8 Å². The molecule has 2 saturated heterocycles. The second-order valence-corrected chi connectivity index (χ2v) is 6.11. The zero-order valence-corrected chi connectivity index (χ0v) is 12.6. The van der Waals surface area contributed by atoms with Crippen molar-refractivity contribution in [2.24, 2.45) is 5.92 Å². The highest BCUT2D eigenvalue weighted by molar-refractivity contribution is 4.77. The minimum absolute atomic E-state index is 0.431. The molecule has 2 atom stereocenters. The molecular formula is C15H30N2O2. The van der Waals surface area contributed by atoms with Crippen molar-refractivity contribution in [3.05, 3.63) is 0 Å². The molecule has 0 aromatic rings. The Morgan fingerprint density at radius 2 is 2.00 bits per heavy atom. The molecule has 4 nitrogen and oxygen atoms in total. The smallest absolute Gasteiger partial charge is 0.0726 e.